The van der Waals surface area contributed by atoms with E-state index in [9.17, 15) is 18.0 Å². The molecule has 0 spiro atoms. The first-order valence-corrected chi connectivity index (χ1v) is 11.0. The molecule has 0 atom stereocenters. The van der Waals surface area contributed by atoms with Crippen molar-refractivity contribution in [3.63, 3.8) is 0 Å². The highest BCUT2D eigenvalue weighted by atomic mass is 35.5. The topological polar surface area (TPSA) is 48.4 Å². The molecule has 3 rings (SSSR count). The van der Waals surface area contributed by atoms with Gasteiger partial charge in [-0.05, 0) is 42.3 Å². The maximum atomic E-state index is 13.4. The van der Waals surface area contributed by atoms with Gasteiger partial charge in [0, 0.05) is 21.9 Å². The first-order valence-electron chi connectivity index (χ1n) is 10.2. The van der Waals surface area contributed by atoms with Crippen molar-refractivity contribution in [1.29, 1.82) is 0 Å². The van der Waals surface area contributed by atoms with Crippen molar-refractivity contribution in [1.82, 2.24) is 4.98 Å². The van der Waals surface area contributed by atoms with Gasteiger partial charge in [-0.1, -0.05) is 41.4 Å². The number of fused-ring (bicyclic) bond motifs is 1. The van der Waals surface area contributed by atoms with Gasteiger partial charge in [0.05, 0.1) is 17.5 Å². The van der Waals surface area contributed by atoms with Crippen molar-refractivity contribution in [2.45, 2.75) is 13.3 Å². The highest BCUT2D eigenvalue weighted by Crippen LogP contribution is 2.34. The number of hydrogen-bond donors (Lipinski definition) is 0. The molecule has 0 radical (unpaired) electrons. The van der Waals surface area contributed by atoms with E-state index < -0.39 is 38.0 Å². The average molecular weight is 500 g/mol. The van der Waals surface area contributed by atoms with Crippen LogP contribution in [0, 0.1) is 5.41 Å². The number of carbonyl (C=O) groups excluding carboxylic acids is 1. The molecule has 0 N–H and O–H groups in total. The Kier molecular flexibility index (Phi) is 8.43. The molecule has 0 aliphatic heterocycles. The van der Waals surface area contributed by atoms with Gasteiger partial charge in [0.2, 0.25) is 5.88 Å². The normalized spacial score (nSPS) is 11.6. The number of carbonyl (C=O) groups is 1. The van der Waals surface area contributed by atoms with E-state index in [2.05, 4.69) is 4.98 Å². The molecule has 2 aromatic carbocycles. The van der Waals surface area contributed by atoms with Crippen molar-refractivity contribution in [2.24, 2.45) is 5.41 Å². The zero-order chi connectivity index (χ0) is 24.0. The summed E-state index contributed by atoms with van der Waals surface area (Å²) in [4.78, 5) is 17.4. The molecule has 0 fully saturated rings. The number of rotatable bonds is 10. The van der Waals surface area contributed by atoms with Crippen molar-refractivity contribution < 1.29 is 27.4 Å². The van der Waals surface area contributed by atoms with Crippen molar-refractivity contribution >= 4 is 40.1 Å². The van der Waals surface area contributed by atoms with Gasteiger partial charge >= 0.3 is 5.97 Å². The maximum Gasteiger partial charge on any atom is 0.343 e. The van der Waals surface area contributed by atoms with E-state index in [1.807, 2.05) is 0 Å². The van der Waals surface area contributed by atoms with Crippen LogP contribution in [-0.4, -0.2) is 44.2 Å². The Hall–Kier alpha value is -2.51. The maximum absolute atomic E-state index is 13.4. The molecule has 3 aromatic rings. The SMILES string of the molecule is CCOC(=O)c1c(OCC(CF)(CF)CF)nc2ccc(Cl)cc2c1Cc1ccccc1Cl. The molecule has 0 saturated heterocycles. The Morgan fingerprint density at radius 2 is 1.76 bits per heavy atom. The van der Waals surface area contributed by atoms with E-state index in [0.717, 1.165) is 0 Å². The molecule has 0 amide bonds. The van der Waals surface area contributed by atoms with E-state index in [4.69, 9.17) is 32.7 Å². The number of benzene rings is 2. The number of pyridine rings is 1. The second kappa shape index (κ2) is 11.1. The molecule has 33 heavy (non-hydrogen) atoms. The van der Waals surface area contributed by atoms with Crippen LogP contribution in [0.1, 0.15) is 28.4 Å². The van der Waals surface area contributed by atoms with Crippen LogP contribution < -0.4 is 4.74 Å². The predicted octanol–water partition coefficient (Wildman–Crippen LogP) is 6.58. The molecular weight excluding hydrogens is 478 g/mol. The number of esters is 1. The first kappa shape index (κ1) is 25.1. The Bertz CT molecular complexity index is 1130. The van der Waals surface area contributed by atoms with Crippen LogP contribution in [0.25, 0.3) is 10.9 Å². The number of hydrogen-bond acceptors (Lipinski definition) is 4. The van der Waals surface area contributed by atoms with E-state index >= 15 is 0 Å². The molecule has 9 heteroatoms. The van der Waals surface area contributed by atoms with E-state index in [-0.39, 0.29) is 24.5 Å². The largest absolute Gasteiger partial charge is 0.476 e. The molecule has 0 unspecified atom stereocenters. The summed E-state index contributed by atoms with van der Waals surface area (Å²) in [5.41, 5.74) is -0.400. The summed E-state index contributed by atoms with van der Waals surface area (Å²) in [6.45, 7) is -2.77. The van der Waals surface area contributed by atoms with Gasteiger partial charge in [0.25, 0.3) is 0 Å². The van der Waals surface area contributed by atoms with Crippen LogP contribution >= 0.6 is 23.2 Å². The average Bonchev–Trinajstić information content (AvgIpc) is 2.82. The fourth-order valence-electron chi connectivity index (χ4n) is 3.25. The standard InChI is InChI=1S/C24H22Cl2F3NO3/c1-2-32-23(31)21-18(9-15-5-3-4-6-19(15)26)17-10-16(25)7-8-20(17)30-22(21)33-14-24(11-27,12-28)13-29/h3-8,10H,2,9,11-14H2,1H3. The van der Waals surface area contributed by atoms with Gasteiger partial charge in [0.15, 0.2) is 0 Å². The lowest BCUT2D eigenvalue weighted by atomic mass is 9.94. The molecule has 176 valence electrons. The lowest BCUT2D eigenvalue weighted by molar-refractivity contribution is 0.0461. The Labute approximate surface area is 199 Å². The number of alkyl halides is 3. The van der Waals surface area contributed by atoms with Gasteiger partial charge in [-0.25, -0.2) is 9.78 Å². The van der Waals surface area contributed by atoms with Crippen LogP contribution in [0.5, 0.6) is 5.88 Å². The van der Waals surface area contributed by atoms with Gasteiger partial charge in [-0.2, -0.15) is 0 Å². The Morgan fingerprint density at radius 3 is 2.39 bits per heavy atom. The van der Waals surface area contributed by atoms with Gasteiger partial charge < -0.3 is 9.47 Å². The summed E-state index contributed by atoms with van der Waals surface area (Å²) >= 11 is 12.6. The minimum Gasteiger partial charge on any atom is -0.476 e. The summed E-state index contributed by atoms with van der Waals surface area (Å²) in [5, 5.41) is 1.46. The number of halogens is 5. The molecule has 1 heterocycles. The Morgan fingerprint density at radius 1 is 1.06 bits per heavy atom. The molecule has 4 nitrogen and oxygen atoms in total. The molecule has 0 saturated carbocycles. The first-order chi connectivity index (χ1) is 15.9. The quantitative estimate of drug-likeness (QED) is 0.295. The lowest BCUT2D eigenvalue weighted by Gasteiger charge is -2.25. The van der Waals surface area contributed by atoms with Crippen molar-refractivity contribution in [3.8, 4) is 5.88 Å². The fourth-order valence-corrected chi connectivity index (χ4v) is 3.63. The van der Waals surface area contributed by atoms with E-state index in [1.54, 1.807) is 49.4 Å². The molecular formula is C24H22Cl2F3NO3. The third-order valence-electron chi connectivity index (χ3n) is 5.19. The van der Waals surface area contributed by atoms with Crippen LogP contribution in [0.3, 0.4) is 0 Å². The van der Waals surface area contributed by atoms with E-state index in [1.165, 1.54) is 0 Å². The lowest BCUT2D eigenvalue weighted by Crippen LogP contribution is -2.36. The van der Waals surface area contributed by atoms with Gasteiger partial charge in [0.1, 0.15) is 32.2 Å². The highest BCUT2D eigenvalue weighted by Gasteiger charge is 2.34. The van der Waals surface area contributed by atoms with Gasteiger partial charge in [-0.3, -0.25) is 13.2 Å². The van der Waals surface area contributed by atoms with Crippen LogP contribution in [-0.2, 0) is 11.2 Å². The number of nitrogens with zero attached hydrogens (tertiary/aromatic N) is 1. The summed E-state index contributed by atoms with van der Waals surface area (Å²) in [6.07, 6.45) is 0.198. The Balaban J connectivity index is 2.23. The van der Waals surface area contributed by atoms with Crippen molar-refractivity contribution in [2.75, 3.05) is 33.2 Å². The summed E-state index contributed by atoms with van der Waals surface area (Å²) in [6, 6.07) is 12.0. The number of aromatic nitrogens is 1. The monoisotopic (exact) mass is 499 g/mol. The molecule has 0 bridgehead atoms. The van der Waals surface area contributed by atoms with Crippen LogP contribution in [0.2, 0.25) is 10.0 Å². The summed E-state index contributed by atoms with van der Waals surface area (Å²) < 4.78 is 51.0. The van der Waals surface area contributed by atoms with E-state index in [0.29, 0.717) is 32.1 Å². The van der Waals surface area contributed by atoms with Crippen molar-refractivity contribution in [3.05, 3.63) is 69.2 Å². The predicted molar refractivity (Wildman–Crippen MR) is 123 cm³/mol. The second-order valence-electron chi connectivity index (χ2n) is 7.61. The second-order valence-corrected chi connectivity index (χ2v) is 8.45. The zero-order valence-corrected chi connectivity index (χ0v) is 19.4. The highest BCUT2D eigenvalue weighted by molar-refractivity contribution is 6.31. The van der Waals surface area contributed by atoms with Crippen LogP contribution in [0.4, 0.5) is 13.2 Å². The third-order valence-corrected chi connectivity index (χ3v) is 5.80. The van der Waals surface area contributed by atoms with Gasteiger partial charge in [-0.15, -0.1) is 0 Å². The third kappa shape index (κ3) is 5.53. The minimum absolute atomic E-state index is 0.0305. The molecule has 0 aliphatic carbocycles. The number of ether oxygens (including phenoxy) is 2. The smallest absolute Gasteiger partial charge is 0.343 e. The summed E-state index contributed by atoms with van der Waals surface area (Å²) in [7, 11) is 0. The summed E-state index contributed by atoms with van der Waals surface area (Å²) in [5.74, 6) is -0.944. The minimum atomic E-state index is -1.98. The van der Waals surface area contributed by atoms with Crippen LogP contribution in [0.15, 0.2) is 42.5 Å². The molecule has 1 aromatic heterocycles. The zero-order valence-electron chi connectivity index (χ0n) is 17.8. The fraction of sp³-hybridized carbons (Fsp3) is 0.333. The molecule has 0 aliphatic rings.